The molecule has 0 bridgehead atoms. The highest BCUT2D eigenvalue weighted by Gasteiger charge is 2.19. The van der Waals surface area contributed by atoms with E-state index in [1.54, 1.807) is 24.3 Å². The van der Waals surface area contributed by atoms with Gasteiger partial charge in [0.15, 0.2) is 0 Å². The van der Waals surface area contributed by atoms with Crippen LogP contribution in [0.2, 0.25) is 0 Å². The Labute approximate surface area is 187 Å². The van der Waals surface area contributed by atoms with Crippen LogP contribution in [0.5, 0.6) is 0 Å². The fourth-order valence-electron chi connectivity index (χ4n) is 3.80. The number of para-hydroxylation sites is 1. The lowest BCUT2D eigenvalue weighted by atomic mass is 9.97. The van der Waals surface area contributed by atoms with E-state index in [2.05, 4.69) is 18.4 Å². The summed E-state index contributed by atoms with van der Waals surface area (Å²) >= 11 is 0. The average Bonchev–Trinajstić information content (AvgIpc) is 3.12. The van der Waals surface area contributed by atoms with E-state index in [9.17, 15) is 24.5 Å². The summed E-state index contributed by atoms with van der Waals surface area (Å²) in [5.41, 5.74) is 4.55. The van der Waals surface area contributed by atoms with Gasteiger partial charge in [0.1, 0.15) is 5.82 Å². The second-order valence-electron chi connectivity index (χ2n) is 8.10. The number of carboxylic acid groups (broad SMARTS) is 1. The van der Waals surface area contributed by atoms with Gasteiger partial charge in [-0.1, -0.05) is 56.3 Å². The maximum atomic E-state index is 13.5. The Kier molecular flexibility index (Phi) is 7.62. The Hall–Kier alpha value is -3.22. The van der Waals surface area contributed by atoms with Crippen LogP contribution in [0.3, 0.4) is 0 Å². The van der Waals surface area contributed by atoms with Gasteiger partial charge in [-0.25, -0.2) is 4.39 Å². The Morgan fingerprint density at radius 2 is 1.75 bits per heavy atom. The number of aliphatic hydroxyl groups excluding tert-OH is 2. The number of carbonyl (C=O) groups is 1. The minimum absolute atomic E-state index is 0.118. The number of nitrogens with zero attached hydrogens (tertiary/aromatic N) is 1. The lowest BCUT2D eigenvalue weighted by Crippen LogP contribution is -2.29. The normalized spacial score (nSPS) is 13.6. The van der Waals surface area contributed by atoms with E-state index in [0.29, 0.717) is 0 Å². The number of hydrogen-bond donors (Lipinski definition) is 2. The summed E-state index contributed by atoms with van der Waals surface area (Å²) in [6, 6.07) is 16.1. The van der Waals surface area contributed by atoms with Crippen molar-refractivity contribution in [3.63, 3.8) is 0 Å². The average molecular weight is 437 g/mol. The number of carbonyl (C=O) groups excluding carboxylic acids is 1. The fourth-order valence-corrected chi connectivity index (χ4v) is 3.80. The molecule has 0 saturated carbocycles. The molecule has 0 radical (unpaired) electrons. The Morgan fingerprint density at radius 1 is 1.09 bits per heavy atom. The van der Waals surface area contributed by atoms with Crippen LogP contribution in [0.1, 0.15) is 43.9 Å². The van der Waals surface area contributed by atoms with Crippen molar-refractivity contribution in [1.82, 2.24) is 4.57 Å². The van der Waals surface area contributed by atoms with Crippen LogP contribution in [0.15, 0.2) is 66.9 Å². The summed E-state index contributed by atoms with van der Waals surface area (Å²) in [6.07, 6.45) is 2.43. The monoisotopic (exact) mass is 436 g/mol. The zero-order valence-electron chi connectivity index (χ0n) is 18.1. The molecule has 0 amide bonds. The van der Waals surface area contributed by atoms with Crippen molar-refractivity contribution in [3.8, 4) is 16.8 Å². The largest absolute Gasteiger partial charge is 0.550 e. The van der Waals surface area contributed by atoms with E-state index in [-0.39, 0.29) is 18.2 Å². The fraction of sp³-hybridized carbons (Fsp3) is 0.269. The molecule has 1 aromatic heterocycles. The predicted molar refractivity (Wildman–Crippen MR) is 121 cm³/mol. The molecule has 3 rings (SSSR count). The van der Waals surface area contributed by atoms with Gasteiger partial charge in [-0.2, -0.15) is 0 Å². The summed E-state index contributed by atoms with van der Waals surface area (Å²) in [4.78, 5) is 10.7. The van der Waals surface area contributed by atoms with Crippen molar-refractivity contribution in [2.24, 2.45) is 0 Å². The highest BCUT2D eigenvalue weighted by molar-refractivity contribution is 5.78. The van der Waals surface area contributed by atoms with Gasteiger partial charge in [0, 0.05) is 47.5 Å². The maximum Gasteiger partial charge on any atom is 0.123 e. The second kappa shape index (κ2) is 10.4. The molecule has 2 atom stereocenters. The number of aliphatic hydroxyl groups is 2. The first-order valence-corrected chi connectivity index (χ1v) is 10.6. The Morgan fingerprint density at radius 3 is 2.34 bits per heavy atom. The molecular weight excluding hydrogens is 409 g/mol. The molecule has 32 heavy (non-hydrogen) atoms. The standard InChI is InChI=1S/C26H28FNO4/c1-17(2)26-23(13-12-21(29)14-22(30)15-25(31)32)24(18-8-10-19(27)11-9-18)16-28(26)20-6-4-3-5-7-20/h3-13,16-17,21-22,29-30H,14-15H2,1-2H3,(H,31,32)/p-1/b13-12+/t21-,22-/m1/s1. The number of halogens is 1. The smallest absolute Gasteiger partial charge is 0.123 e. The molecule has 3 aromatic rings. The lowest BCUT2D eigenvalue weighted by molar-refractivity contribution is -0.307. The molecule has 0 spiro atoms. The third kappa shape index (κ3) is 5.72. The van der Waals surface area contributed by atoms with Crippen molar-refractivity contribution in [2.45, 2.75) is 44.8 Å². The molecule has 0 aliphatic carbocycles. The summed E-state index contributed by atoms with van der Waals surface area (Å²) in [5.74, 6) is -1.56. The van der Waals surface area contributed by atoms with Crippen molar-refractivity contribution in [3.05, 3.63) is 83.9 Å². The number of aliphatic carboxylic acids is 1. The van der Waals surface area contributed by atoms with E-state index in [0.717, 1.165) is 28.1 Å². The quantitative estimate of drug-likeness (QED) is 0.536. The zero-order valence-corrected chi connectivity index (χ0v) is 18.1. The van der Waals surface area contributed by atoms with E-state index in [1.807, 2.05) is 36.5 Å². The number of hydrogen-bond acceptors (Lipinski definition) is 4. The van der Waals surface area contributed by atoms with Crippen LogP contribution in [-0.4, -0.2) is 33.0 Å². The minimum Gasteiger partial charge on any atom is -0.550 e. The SMILES string of the molecule is CC(C)c1c(/C=C/[C@@H](O)C[C@@H](O)CC(=O)[O-])c(-c2ccc(F)cc2)cn1-c1ccccc1. The number of rotatable bonds is 9. The highest BCUT2D eigenvalue weighted by Crippen LogP contribution is 2.35. The van der Waals surface area contributed by atoms with E-state index in [1.165, 1.54) is 12.1 Å². The summed E-state index contributed by atoms with van der Waals surface area (Å²) in [6.45, 7) is 4.14. The maximum absolute atomic E-state index is 13.5. The van der Waals surface area contributed by atoms with Gasteiger partial charge in [-0.3, -0.25) is 0 Å². The van der Waals surface area contributed by atoms with Crippen molar-refractivity contribution in [1.29, 1.82) is 0 Å². The molecule has 6 heteroatoms. The molecule has 168 valence electrons. The predicted octanol–water partition coefficient (Wildman–Crippen LogP) is 3.67. The molecule has 1 heterocycles. The number of aromatic nitrogens is 1. The van der Waals surface area contributed by atoms with Crippen LogP contribution in [0, 0.1) is 5.82 Å². The molecule has 2 N–H and O–H groups in total. The van der Waals surface area contributed by atoms with Crippen LogP contribution in [0.25, 0.3) is 22.9 Å². The van der Waals surface area contributed by atoms with Crippen molar-refractivity contribution in [2.75, 3.05) is 0 Å². The van der Waals surface area contributed by atoms with Gasteiger partial charge in [0.2, 0.25) is 0 Å². The van der Waals surface area contributed by atoms with Gasteiger partial charge in [-0.05, 0) is 35.7 Å². The molecule has 2 aromatic carbocycles. The summed E-state index contributed by atoms with van der Waals surface area (Å²) in [7, 11) is 0. The number of benzene rings is 2. The third-order valence-electron chi connectivity index (χ3n) is 5.22. The van der Waals surface area contributed by atoms with Gasteiger partial charge in [0.05, 0.1) is 12.2 Å². The molecule has 0 fully saturated rings. The second-order valence-corrected chi connectivity index (χ2v) is 8.10. The van der Waals surface area contributed by atoms with Crippen LogP contribution in [0.4, 0.5) is 4.39 Å². The van der Waals surface area contributed by atoms with Gasteiger partial charge in [0.25, 0.3) is 0 Å². The molecule has 0 unspecified atom stereocenters. The first-order valence-electron chi connectivity index (χ1n) is 10.6. The Bertz CT molecular complexity index is 1070. The van der Waals surface area contributed by atoms with Gasteiger partial charge >= 0.3 is 0 Å². The lowest BCUT2D eigenvalue weighted by Gasteiger charge is -2.15. The zero-order chi connectivity index (χ0) is 23.3. The van der Waals surface area contributed by atoms with Crippen LogP contribution < -0.4 is 5.11 Å². The molecule has 0 aliphatic rings. The van der Waals surface area contributed by atoms with Gasteiger partial charge in [-0.15, -0.1) is 0 Å². The first-order chi connectivity index (χ1) is 15.3. The molecule has 0 aliphatic heterocycles. The molecule has 0 saturated heterocycles. The van der Waals surface area contributed by atoms with Crippen molar-refractivity contribution < 1.29 is 24.5 Å². The summed E-state index contributed by atoms with van der Waals surface area (Å²) < 4.78 is 15.6. The minimum atomic E-state index is -1.37. The third-order valence-corrected chi connectivity index (χ3v) is 5.22. The Balaban J connectivity index is 2.06. The first kappa shape index (κ1) is 23.4. The van der Waals surface area contributed by atoms with Crippen LogP contribution in [-0.2, 0) is 4.79 Å². The topological polar surface area (TPSA) is 85.5 Å². The number of carboxylic acids is 1. The highest BCUT2D eigenvalue weighted by atomic mass is 19.1. The molecular formula is C26H27FNO4-. The van der Waals surface area contributed by atoms with Crippen molar-refractivity contribution >= 4 is 12.0 Å². The van der Waals surface area contributed by atoms with E-state index < -0.39 is 24.6 Å². The molecule has 5 nitrogen and oxygen atoms in total. The van der Waals surface area contributed by atoms with Gasteiger partial charge < -0.3 is 24.7 Å². The van der Waals surface area contributed by atoms with E-state index >= 15 is 0 Å². The van der Waals surface area contributed by atoms with Crippen LogP contribution >= 0.6 is 0 Å². The van der Waals surface area contributed by atoms with E-state index in [4.69, 9.17) is 0 Å². The summed E-state index contributed by atoms with van der Waals surface area (Å²) in [5, 5.41) is 30.8.